The highest BCUT2D eigenvalue weighted by atomic mass is 79.9. The third-order valence-corrected chi connectivity index (χ3v) is 2.94. The SMILES string of the molecule is O=C(NN=Cc1cc(Br)ccc1O)c1cccc(F)c1. The number of halogens is 2. The maximum atomic E-state index is 13.0. The Hall–Kier alpha value is -2.21. The predicted octanol–water partition coefficient (Wildman–Crippen LogP) is 3.06. The Labute approximate surface area is 123 Å². The number of hydrogen-bond acceptors (Lipinski definition) is 3. The standard InChI is InChI=1S/C14H10BrFN2O2/c15-11-4-5-13(19)10(6-11)8-17-18-14(20)9-2-1-3-12(16)7-9/h1-8,19H,(H,18,20). The third-order valence-electron chi connectivity index (χ3n) is 2.45. The molecule has 2 aromatic carbocycles. The minimum atomic E-state index is -0.532. The first-order valence-electron chi connectivity index (χ1n) is 5.64. The van der Waals surface area contributed by atoms with Gasteiger partial charge in [0, 0.05) is 15.6 Å². The quantitative estimate of drug-likeness (QED) is 0.668. The van der Waals surface area contributed by atoms with Crippen LogP contribution in [-0.4, -0.2) is 17.2 Å². The van der Waals surface area contributed by atoms with Crippen LogP contribution in [0.2, 0.25) is 0 Å². The van der Waals surface area contributed by atoms with Crippen LogP contribution in [0.5, 0.6) is 5.75 Å². The van der Waals surface area contributed by atoms with Gasteiger partial charge in [-0.15, -0.1) is 0 Å². The van der Waals surface area contributed by atoms with Crippen molar-refractivity contribution in [2.45, 2.75) is 0 Å². The van der Waals surface area contributed by atoms with E-state index in [1.165, 1.54) is 30.5 Å². The van der Waals surface area contributed by atoms with Crippen molar-refractivity contribution in [3.05, 3.63) is 63.9 Å². The predicted molar refractivity (Wildman–Crippen MR) is 77.3 cm³/mol. The van der Waals surface area contributed by atoms with Crippen LogP contribution in [0.3, 0.4) is 0 Å². The number of phenolic OH excluding ortho intramolecular Hbond substituents is 1. The summed E-state index contributed by atoms with van der Waals surface area (Å²) in [5, 5.41) is 13.3. The van der Waals surface area contributed by atoms with Crippen molar-refractivity contribution in [2.75, 3.05) is 0 Å². The summed E-state index contributed by atoms with van der Waals surface area (Å²) in [4.78, 5) is 11.7. The number of amides is 1. The first kappa shape index (κ1) is 14.2. The van der Waals surface area contributed by atoms with Gasteiger partial charge in [0.2, 0.25) is 0 Å². The van der Waals surface area contributed by atoms with Crippen LogP contribution >= 0.6 is 15.9 Å². The van der Waals surface area contributed by atoms with E-state index in [1.807, 2.05) is 0 Å². The van der Waals surface area contributed by atoms with E-state index in [4.69, 9.17) is 0 Å². The minimum Gasteiger partial charge on any atom is -0.507 e. The van der Waals surface area contributed by atoms with Crippen LogP contribution in [0.25, 0.3) is 0 Å². The highest BCUT2D eigenvalue weighted by Gasteiger charge is 2.05. The van der Waals surface area contributed by atoms with E-state index in [2.05, 4.69) is 26.5 Å². The maximum absolute atomic E-state index is 13.0. The summed E-state index contributed by atoms with van der Waals surface area (Å²) in [5.41, 5.74) is 2.87. The van der Waals surface area contributed by atoms with E-state index in [9.17, 15) is 14.3 Å². The van der Waals surface area contributed by atoms with Crippen LogP contribution in [0.4, 0.5) is 4.39 Å². The fourth-order valence-electron chi connectivity index (χ4n) is 1.48. The minimum absolute atomic E-state index is 0.0388. The van der Waals surface area contributed by atoms with Crippen molar-refractivity contribution in [2.24, 2.45) is 5.10 Å². The van der Waals surface area contributed by atoms with E-state index < -0.39 is 11.7 Å². The molecular weight excluding hydrogens is 327 g/mol. The molecule has 1 amide bonds. The molecule has 2 N–H and O–H groups in total. The fraction of sp³-hybridized carbons (Fsp3) is 0. The molecule has 0 saturated carbocycles. The van der Waals surface area contributed by atoms with Gasteiger partial charge in [-0.1, -0.05) is 22.0 Å². The molecule has 0 atom stereocenters. The average Bonchev–Trinajstić information content (AvgIpc) is 2.42. The molecule has 0 bridgehead atoms. The van der Waals surface area contributed by atoms with Crippen molar-refractivity contribution in [3.8, 4) is 5.75 Å². The Morgan fingerprint density at radius 2 is 2.10 bits per heavy atom. The molecule has 0 saturated heterocycles. The van der Waals surface area contributed by atoms with Crippen LogP contribution in [0.15, 0.2) is 52.0 Å². The highest BCUT2D eigenvalue weighted by Crippen LogP contribution is 2.19. The van der Waals surface area contributed by atoms with Gasteiger partial charge in [0.1, 0.15) is 11.6 Å². The molecule has 0 aliphatic carbocycles. The van der Waals surface area contributed by atoms with Crippen LogP contribution < -0.4 is 5.43 Å². The monoisotopic (exact) mass is 336 g/mol. The Morgan fingerprint density at radius 1 is 1.30 bits per heavy atom. The lowest BCUT2D eigenvalue weighted by molar-refractivity contribution is 0.0954. The van der Waals surface area contributed by atoms with Crippen LogP contribution in [0, 0.1) is 5.82 Å². The Bertz CT molecular complexity index is 674. The molecule has 20 heavy (non-hydrogen) atoms. The number of carbonyl (C=O) groups is 1. The second-order valence-electron chi connectivity index (χ2n) is 3.91. The first-order chi connectivity index (χ1) is 9.56. The number of phenols is 1. The molecular formula is C14H10BrFN2O2. The van der Waals surface area contributed by atoms with Crippen molar-refractivity contribution in [1.82, 2.24) is 5.43 Å². The molecule has 0 aliphatic rings. The summed E-state index contributed by atoms with van der Waals surface area (Å²) in [6, 6.07) is 10.1. The van der Waals surface area contributed by atoms with Gasteiger partial charge in [0.15, 0.2) is 0 Å². The lowest BCUT2D eigenvalue weighted by atomic mass is 10.2. The van der Waals surface area contributed by atoms with Gasteiger partial charge in [0.05, 0.1) is 6.21 Å². The largest absolute Gasteiger partial charge is 0.507 e. The van der Waals surface area contributed by atoms with Gasteiger partial charge in [-0.05, 0) is 36.4 Å². The smallest absolute Gasteiger partial charge is 0.271 e. The molecule has 0 aromatic heterocycles. The molecule has 2 aromatic rings. The Morgan fingerprint density at radius 3 is 2.85 bits per heavy atom. The first-order valence-corrected chi connectivity index (χ1v) is 6.43. The van der Waals surface area contributed by atoms with Gasteiger partial charge < -0.3 is 5.11 Å². The van der Waals surface area contributed by atoms with Crippen molar-refractivity contribution in [3.63, 3.8) is 0 Å². The number of hydrogen-bond donors (Lipinski definition) is 2. The Balaban J connectivity index is 2.06. The van der Waals surface area contributed by atoms with E-state index in [0.717, 1.165) is 10.5 Å². The van der Waals surface area contributed by atoms with Crippen LogP contribution in [-0.2, 0) is 0 Å². The number of hydrazone groups is 1. The molecule has 0 spiro atoms. The zero-order valence-electron chi connectivity index (χ0n) is 10.2. The number of aromatic hydroxyl groups is 1. The van der Waals surface area contributed by atoms with E-state index in [1.54, 1.807) is 12.1 Å². The topological polar surface area (TPSA) is 61.7 Å². The van der Waals surface area contributed by atoms with Crippen molar-refractivity contribution in [1.29, 1.82) is 0 Å². The molecule has 4 nitrogen and oxygen atoms in total. The number of nitrogens with zero attached hydrogens (tertiary/aromatic N) is 1. The van der Waals surface area contributed by atoms with Gasteiger partial charge in [-0.2, -0.15) is 5.10 Å². The van der Waals surface area contributed by atoms with Gasteiger partial charge in [-0.3, -0.25) is 4.79 Å². The summed E-state index contributed by atoms with van der Waals surface area (Å²) in [7, 11) is 0. The fourth-order valence-corrected chi connectivity index (χ4v) is 1.86. The van der Waals surface area contributed by atoms with Crippen molar-refractivity contribution < 1.29 is 14.3 Å². The highest BCUT2D eigenvalue weighted by molar-refractivity contribution is 9.10. The lowest BCUT2D eigenvalue weighted by Gasteiger charge is -2.01. The van der Waals surface area contributed by atoms with Gasteiger partial charge in [0.25, 0.3) is 5.91 Å². The lowest BCUT2D eigenvalue weighted by Crippen LogP contribution is -2.17. The normalized spacial score (nSPS) is 10.7. The van der Waals surface area contributed by atoms with E-state index in [0.29, 0.717) is 5.56 Å². The number of benzene rings is 2. The van der Waals surface area contributed by atoms with Crippen molar-refractivity contribution >= 4 is 28.1 Å². The summed E-state index contributed by atoms with van der Waals surface area (Å²) >= 11 is 3.26. The zero-order valence-corrected chi connectivity index (χ0v) is 11.8. The summed E-state index contributed by atoms with van der Waals surface area (Å²) in [5.74, 6) is -0.988. The molecule has 0 aliphatic heterocycles. The van der Waals surface area contributed by atoms with E-state index in [-0.39, 0.29) is 11.3 Å². The van der Waals surface area contributed by atoms with Crippen LogP contribution in [0.1, 0.15) is 15.9 Å². The number of nitrogens with one attached hydrogen (secondary N) is 1. The third kappa shape index (κ3) is 3.64. The molecule has 2 rings (SSSR count). The molecule has 0 fully saturated rings. The van der Waals surface area contributed by atoms with Gasteiger partial charge >= 0.3 is 0 Å². The summed E-state index contributed by atoms with van der Waals surface area (Å²) in [6.07, 6.45) is 1.30. The molecule has 6 heteroatoms. The second kappa shape index (κ2) is 6.29. The maximum Gasteiger partial charge on any atom is 0.271 e. The average molecular weight is 337 g/mol. The summed E-state index contributed by atoms with van der Waals surface area (Å²) < 4.78 is 13.7. The molecule has 0 radical (unpaired) electrons. The Kier molecular flexibility index (Phi) is 4.47. The van der Waals surface area contributed by atoms with E-state index >= 15 is 0 Å². The number of carbonyl (C=O) groups excluding carboxylic acids is 1. The summed E-state index contributed by atoms with van der Waals surface area (Å²) in [6.45, 7) is 0. The number of rotatable bonds is 3. The molecule has 102 valence electrons. The molecule has 0 heterocycles. The van der Waals surface area contributed by atoms with Gasteiger partial charge in [-0.25, -0.2) is 9.82 Å². The second-order valence-corrected chi connectivity index (χ2v) is 4.83. The zero-order chi connectivity index (χ0) is 14.5. The molecule has 0 unspecified atom stereocenters.